The number of thiophene rings is 1. The Morgan fingerprint density at radius 1 is 1.16 bits per heavy atom. The average molecular weight is 671 g/mol. The molecule has 0 saturated carbocycles. The molecule has 1 unspecified atom stereocenters. The van der Waals surface area contributed by atoms with E-state index in [-0.39, 0.29) is 52.1 Å². The number of nitrogens with zero attached hydrogens (tertiary/aromatic N) is 1. The summed E-state index contributed by atoms with van der Waals surface area (Å²) in [5.41, 5.74) is 1.05. The van der Waals surface area contributed by atoms with Crippen LogP contribution in [-0.4, -0.2) is 77.4 Å². The number of piperidine rings is 1. The number of hydrogen-bond donors (Lipinski definition) is 3. The number of halogens is 4. The number of hydrogen-bond acceptors (Lipinski definition) is 10. The van der Waals surface area contributed by atoms with E-state index in [1.54, 1.807) is 12.1 Å². The van der Waals surface area contributed by atoms with Gasteiger partial charge < -0.3 is 24.8 Å². The van der Waals surface area contributed by atoms with E-state index in [1.165, 1.54) is 23.5 Å². The molecular formula is C29H30F4N4O6S2. The van der Waals surface area contributed by atoms with Crippen molar-refractivity contribution in [2.45, 2.75) is 42.5 Å². The molecule has 1 atom stereocenters. The van der Waals surface area contributed by atoms with Gasteiger partial charge in [0.15, 0.2) is 6.10 Å². The van der Waals surface area contributed by atoms with Gasteiger partial charge in [-0.2, -0.15) is 13.2 Å². The molecule has 2 aliphatic heterocycles. The summed E-state index contributed by atoms with van der Waals surface area (Å²) < 4.78 is 92.5. The summed E-state index contributed by atoms with van der Waals surface area (Å²) in [5, 5.41) is 12.0. The summed E-state index contributed by atoms with van der Waals surface area (Å²) >= 11 is 1.17. The molecule has 0 aliphatic carbocycles. The number of cyclic esters (lactones) is 2. The highest BCUT2D eigenvalue weighted by atomic mass is 32.2. The fourth-order valence-corrected chi connectivity index (χ4v) is 6.95. The number of carbonyl (C=O) groups excluding carboxylic acids is 1. The zero-order valence-electron chi connectivity index (χ0n) is 23.8. The first kappa shape index (κ1) is 32.6. The van der Waals surface area contributed by atoms with Gasteiger partial charge in [0, 0.05) is 31.7 Å². The van der Waals surface area contributed by atoms with Crippen LogP contribution in [0.25, 0.3) is 10.1 Å². The summed E-state index contributed by atoms with van der Waals surface area (Å²) in [6.45, 7) is 1.08. The van der Waals surface area contributed by atoms with Crippen molar-refractivity contribution < 1.29 is 45.0 Å². The van der Waals surface area contributed by atoms with Gasteiger partial charge in [-0.1, -0.05) is 24.0 Å². The number of ether oxygens (including phenoxy) is 3. The molecule has 2 saturated heterocycles. The molecule has 5 rings (SSSR count). The Balaban J connectivity index is 1.31. The third-order valence-corrected chi connectivity index (χ3v) is 9.42. The minimum atomic E-state index is -4.46. The number of fused-ring (bicyclic) bond motifs is 1. The molecular weight excluding hydrogens is 640 g/mol. The molecule has 3 aromatic rings. The predicted molar refractivity (Wildman–Crippen MR) is 161 cm³/mol. The molecule has 10 nitrogen and oxygen atoms in total. The normalized spacial score (nSPS) is 17.8. The third kappa shape index (κ3) is 8.48. The summed E-state index contributed by atoms with van der Waals surface area (Å²) in [4.78, 5) is 13.4. The van der Waals surface area contributed by atoms with Gasteiger partial charge in [0.2, 0.25) is 16.9 Å². The van der Waals surface area contributed by atoms with Crippen molar-refractivity contribution in [3.05, 3.63) is 46.8 Å². The number of rotatable bonds is 10. The molecule has 2 fully saturated rings. The van der Waals surface area contributed by atoms with E-state index in [1.807, 2.05) is 6.07 Å². The van der Waals surface area contributed by atoms with Gasteiger partial charge >= 0.3 is 12.3 Å². The number of primary sulfonamides is 1. The fraction of sp³-hybridized carbons (Fsp3) is 0.414. The lowest BCUT2D eigenvalue weighted by Gasteiger charge is -2.33. The SMILES string of the molecule is NS(=O)(=O)c1ccc(NCC#Cc2sc3c(NC4CCN(CC5COC(=O)O5)CC4)cccc3c2CC(F)(F)F)c(OCF)c1. The fourth-order valence-electron chi connectivity index (χ4n) is 5.25. The van der Waals surface area contributed by atoms with Crippen molar-refractivity contribution >= 4 is 49.0 Å². The van der Waals surface area contributed by atoms with Crippen molar-refractivity contribution in [2.75, 3.05) is 50.3 Å². The maximum absolute atomic E-state index is 13.6. The van der Waals surface area contributed by atoms with E-state index in [4.69, 9.17) is 19.3 Å². The van der Waals surface area contributed by atoms with Crippen LogP contribution in [0.4, 0.5) is 33.7 Å². The Morgan fingerprint density at radius 2 is 1.93 bits per heavy atom. The van der Waals surface area contributed by atoms with Crippen molar-refractivity contribution in [3.63, 3.8) is 0 Å². The Bertz CT molecular complexity index is 1710. The van der Waals surface area contributed by atoms with E-state index in [0.717, 1.165) is 37.7 Å². The van der Waals surface area contributed by atoms with Crippen LogP contribution in [0, 0.1) is 11.8 Å². The summed E-state index contributed by atoms with van der Waals surface area (Å²) in [6.07, 6.45) is -4.95. The van der Waals surface area contributed by atoms with Gasteiger partial charge in [0.05, 0.1) is 38.8 Å². The molecule has 4 N–H and O–H groups in total. The topological polar surface area (TPSA) is 132 Å². The molecule has 2 aromatic carbocycles. The van der Waals surface area contributed by atoms with E-state index >= 15 is 0 Å². The minimum absolute atomic E-state index is 0.0487. The van der Waals surface area contributed by atoms with Gasteiger partial charge in [-0.05, 0) is 42.0 Å². The number of benzene rings is 2. The molecule has 0 radical (unpaired) electrons. The molecule has 45 heavy (non-hydrogen) atoms. The van der Waals surface area contributed by atoms with Gasteiger partial charge in [0.25, 0.3) is 0 Å². The average Bonchev–Trinajstić information content (AvgIpc) is 3.54. The first-order valence-corrected chi connectivity index (χ1v) is 16.3. The van der Waals surface area contributed by atoms with Gasteiger partial charge in [0.1, 0.15) is 12.4 Å². The zero-order valence-corrected chi connectivity index (χ0v) is 25.4. The molecule has 3 heterocycles. The van der Waals surface area contributed by atoms with Crippen LogP contribution < -0.4 is 20.5 Å². The van der Waals surface area contributed by atoms with E-state index in [2.05, 4.69) is 27.4 Å². The van der Waals surface area contributed by atoms with Crippen LogP contribution in [0.1, 0.15) is 23.3 Å². The highest BCUT2D eigenvalue weighted by Gasteiger charge is 2.32. The number of anilines is 2. The molecule has 1 aromatic heterocycles. The van der Waals surface area contributed by atoms with Crippen LogP contribution in [0.3, 0.4) is 0 Å². The quantitative estimate of drug-likeness (QED) is 0.158. The molecule has 0 amide bonds. The number of likely N-dealkylation sites (tertiary alicyclic amines) is 1. The second-order valence-electron chi connectivity index (χ2n) is 10.5. The van der Waals surface area contributed by atoms with Crippen molar-refractivity contribution in [1.82, 2.24) is 4.90 Å². The molecule has 242 valence electrons. The van der Waals surface area contributed by atoms with E-state index in [0.29, 0.717) is 16.6 Å². The first-order chi connectivity index (χ1) is 21.4. The summed E-state index contributed by atoms with van der Waals surface area (Å²) in [7, 11) is -4.05. The molecule has 2 aliphatic rings. The highest BCUT2D eigenvalue weighted by molar-refractivity contribution is 7.89. The van der Waals surface area contributed by atoms with Gasteiger partial charge in [-0.25, -0.2) is 22.7 Å². The summed E-state index contributed by atoms with van der Waals surface area (Å²) in [6, 6.07) is 8.93. The number of nitrogens with one attached hydrogen (secondary N) is 2. The lowest BCUT2D eigenvalue weighted by atomic mass is 10.0. The number of alkyl halides is 4. The van der Waals surface area contributed by atoms with Crippen molar-refractivity contribution in [2.24, 2.45) is 5.14 Å². The monoisotopic (exact) mass is 670 g/mol. The lowest BCUT2D eigenvalue weighted by molar-refractivity contribution is -0.126. The molecule has 16 heteroatoms. The maximum atomic E-state index is 13.6. The zero-order chi connectivity index (χ0) is 32.2. The van der Waals surface area contributed by atoms with E-state index in [9.17, 15) is 30.8 Å². The maximum Gasteiger partial charge on any atom is 0.508 e. The molecule has 0 bridgehead atoms. The largest absolute Gasteiger partial charge is 0.508 e. The lowest BCUT2D eigenvalue weighted by Crippen LogP contribution is -2.43. The van der Waals surface area contributed by atoms with Crippen LogP contribution in [-0.2, 0) is 25.9 Å². The number of carbonyl (C=O) groups is 1. The third-order valence-electron chi connectivity index (χ3n) is 7.32. The van der Waals surface area contributed by atoms with Crippen LogP contribution in [0.5, 0.6) is 5.75 Å². The van der Waals surface area contributed by atoms with Crippen LogP contribution in [0.15, 0.2) is 41.3 Å². The van der Waals surface area contributed by atoms with Gasteiger partial charge in [-0.3, -0.25) is 4.90 Å². The van der Waals surface area contributed by atoms with Gasteiger partial charge in [-0.15, -0.1) is 11.3 Å². The summed E-state index contributed by atoms with van der Waals surface area (Å²) in [5.74, 6) is 5.56. The van der Waals surface area contributed by atoms with E-state index < -0.39 is 35.6 Å². The second kappa shape index (κ2) is 13.7. The minimum Gasteiger partial charge on any atom is -0.461 e. The number of nitrogens with two attached hydrogens (primary N) is 1. The Morgan fingerprint density at radius 3 is 2.60 bits per heavy atom. The van der Waals surface area contributed by atoms with Crippen molar-refractivity contribution in [3.8, 4) is 17.6 Å². The standard InChI is InChI=1S/C29H30F4N4O6S2/c30-17-42-25-13-20(45(34,39)40)6-7-23(25)35-10-2-5-26-22(14-29(31,32)33)21-3-1-4-24(27(21)44-26)36-18-8-11-37(12-9-18)15-19-16-41-28(38)43-19/h1,3-4,6-7,13,18-19,35-36H,8-12,14-17H2,(H2,34,39,40). The Labute approximate surface area is 260 Å². The molecule has 0 spiro atoms. The first-order valence-electron chi connectivity index (χ1n) is 13.9. The Kier molecular flexibility index (Phi) is 9.92. The van der Waals surface area contributed by atoms with Crippen molar-refractivity contribution in [1.29, 1.82) is 0 Å². The smallest absolute Gasteiger partial charge is 0.461 e. The van der Waals surface area contributed by atoms with Crippen LogP contribution >= 0.6 is 11.3 Å². The van der Waals surface area contributed by atoms with Crippen LogP contribution in [0.2, 0.25) is 0 Å². The predicted octanol–water partition coefficient (Wildman–Crippen LogP) is 4.83. The highest BCUT2D eigenvalue weighted by Crippen LogP contribution is 2.39. The second-order valence-corrected chi connectivity index (χ2v) is 13.1. The Hall–Kier alpha value is -3.78. The number of sulfonamides is 1.